The van der Waals surface area contributed by atoms with Gasteiger partial charge in [-0.1, -0.05) is 54.9 Å². The molecule has 0 saturated carbocycles. The summed E-state index contributed by atoms with van der Waals surface area (Å²) in [5, 5.41) is 4.47. The molecule has 0 N–H and O–H groups in total. The number of ether oxygens (including phenoxy) is 3. The van der Waals surface area contributed by atoms with Crippen LogP contribution in [0.2, 0.25) is 0 Å². The lowest BCUT2D eigenvalue weighted by atomic mass is 10.0. The van der Waals surface area contributed by atoms with E-state index in [0.717, 1.165) is 61.7 Å². The minimum atomic E-state index is -0.271. The molecule has 44 heavy (non-hydrogen) atoms. The molecule has 0 heterocycles. The van der Waals surface area contributed by atoms with E-state index in [1.54, 1.807) is 0 Å². The normalized spacial score (nSPS) is 10.6. The van der Waals surface area contributed by atoms with Crippen LogP contribution >= 0.6 is 0 Å². The zero-order valence-electron chi connectivity index (χ0n) is 25.7. The number of aryl methyl sites for hydroxylation is 1. The summed E-state index contributed by atoms with van der Waals surface area (Å²) in [5.41, 5.74) is 5.10. The van der Waals surface area contributed by atoms with Gasteiger partial charge in [0.25, 0.3) is 0 Å². The van der Waals surface area contributed by atoms with Gasteiger partial charge in [-0.3, -0.25) is 4.79 Å². The van der Waals surface area contributed by atoms with Gasteiger partial charge in [0.1, 0.15) is 11.5 Å². The van der Waals surface area contributed by atoms with Crippen molar-refractivity contribution in [2.45, 2.75) is 46.6 Å². The van der Waals surface area contributed by atoms with E-state index in [9.17, 15) is 4.79 Å². The monoisotopic (exact) mass is 580 g/mol. The highest BCUT2D eigenvalue weighted by Crippen LogP contribution is 2.24. The maximum absolute atomic E-state index is 10.9. The van der Waals surface area contributed by atoms with Gasteiger partial charge in [-0.05, 0) is 114 Å². The summed E-state index contributed by atoms with van der Waals surface area (Å²) in [6.07, 6.45) is 1.67. The molecule has 5 aromatic carbocycles. The summed E-state index contributed by atoms with van der Waals surface area (Å²) in [6.45, 7) is 8.47. The minimum Gasteiger partial charge on any atom is -0.493 e. The van der Waals surface area contributed by atoms with E-state index in [0.29, 0.717) is 19.6 Å². The molecular weight excluding hydrogens is 544 g/mol. The van der Waals surface area contributed by atoms with Crippen LogP contribution in [-0.2, 0) is 16.0 Å². The molecule has 220 valence electrons. The Labute approximate surface area is 260 Å². The predicted octanol–water partition coefficient (Wildman–Crippen LogP) is 8.47. The molecule has 0 spiro atoms. The molecule has 0 unspecified atom stereocenters. The Bertz CT molecular complexity index is 1930. The van der Waals surface area contributed by atoms with Crippen molar-refractivity contribution in [3.8, 4) is 35.2 Å². The predicted molar refractivity (Wildman–Crippen MR) is 178 cm³/mol. The number of benzene rings is 5. The number of fused-ring (bicyclic) bond motifs is 2. The SMILES string of the molecule is CCc1cc(C#Cc2ccc3cc(OC(C)C)ccc3c2)ccc1C#Cc1ccc2cc(OCCCOC(C)=O)ccc2c1. The first kappa shape index (κ1) is 30.3. The Hall–Kier alpha value is -5.19. The molecular formula is C40H36O4. The summed E-state index contributed by atoms with van der Waals surface area (Å²) in [4.78, 5) is 10.9. The van der Waals surface area contributed by atoms with Gasteiger partial charge in [0, 0.05) is 35.6 Å². The first-order valence-electron chi connectivity index (χ1n) is 15.0. The molecule has 0 aromatic heterocycles. The van der Waals surface area contributed by atoms with E-state index < -0.39 is 0 Å². The molecule has 0 bridgehead atoms. The first-order chi connectivity index (χ1) is 21.4. The van der Waals surface area contributed by atoms with E-state index in [1.807, 2.05) is 50.2 Å². The van der Waals surface area contributed by atoms with Crippen LogP contribution in [0.25, 0.3) is 21.5 Å². The van der Waals surface area contributed by atoms with Gasteiger partial charge in [0.15, 0.2) is 0 Å². The Kier molecular flexibility index (Phi) is 9.85. The van der Waals surface area contributed by atoms with Gasteiger partial charge in [-0.2, -0.15) is 0 Å². The Morgan fingerprint density at radius 3 is 1.84 bits per heavy atom. The van der Waals surface area contributed by atoms with Crippen LogP contribution in [0, 0.1) is 23.7 Å². The van der Waals surface area contributed by atoms with Gasteiger partial charge >= 0.3 is 5.97 Å². The van der Waals surface area contributed by atoms with Crippen LogP contribution in [0.15, 0.2) is 91.0 Å². The number of rotatable bonds is 8. The molecule has 0 amide bonds. The Morgan fingerprint density at radius 2 is 1.20 bits per heavy atom. The van der Waals surface area contributed by atoms with E-state index >= 15 is 0 Å². The highest BCUT2D eigenvalue weighted by atomic mass is 16.5. The molecule has 5 aromatic rings. The second kappa shape index (κ2) is 14.3. The fourth-order valence-corrected chi connectivity index (χ4v) is 4.87. The van der Waals surface area contributed by atoms with Crippen molar-refractivity contribution in [2.75, 3.05) is 13.2 Å². The molecule has 0 aliphatic rings. The van der Waals surface area contributed by atoms with Crippen LogP contribution in [0.3, 0.4) is 0 Å². The van der Waals surface area contributed by atoms with Crippen LogP contribution in [-0.4, -0.2) is 25.3 Å². The van der Waals surface area contributed by atoms with Crippen LogP contribution in [0.4, 0.5) is 0 Å². The van der Waals surface area contributed by atoms with Crippen molar-refractivity contribution < 1.29 is 19.0 Å². The van der Waals surface area contributed by atoms with Gasteiger partial charge in [0.05, 0.1) is 19.3 Å². The molecule has 0 radical (unpaired) electrons. The van der Waals surface area contributed by atoms with Crippen molar-refractivity contribution in [3.63, 3.8) is 0 Å². The molecule has 0 fully saturated rings. The number of carbonyl (C=O) groups is 1. The van der Waals surface area contributed by atoms with E-state index in [4.69, 9.17) is 14.2 Å². The van der Waals surface area contributed by atoms with Gasteiger partial charge in [-0.15, -0.1) is 0 Å². The quantitative estimate of drug-likeness (QED) is 0.105. The number of esters is 1. The summed E-state index contributed by atoms with van der Waals surface area (Å²) >= 11 is 0. The highest BCUT2D eigenvalue weighted by molar-refractivity contribution is 5.86. The lowest BCUT2D eigenvalue weighted by Gasteiger charge is -2.10. The zero-order chi connectivity index (χ0) is 30.9. The average Bonchev–Trinajstić information content (AvgIpc) is 3.02. The first-order valence-corrected chi connectivity index (χ1v) is 15.0. The third-order valence-electron chi connectivity index (χ3n) is 7.04. The molecule has 0 aliphatic carbocycles. The van der Waals surface area contributed by atoms with Crippen molar-refractivity contribution >= 4 is 27.5 Å². The third-order valence-corrected chi connectivity index (χ3v) is 7.04. The summed E-state index contributed by atoms with van der Waals surface area (Å²) in [5.74, 6) is 14.8. The van der Waals surface area contributed by atoms with Gasteiger partial charge in [0.2, 0.25) is 0 Å². The Morgan fingerprint density at radius 1 is 0.659 bits per heavy atom. The van der Waals surface area contributed by atoms with E-state index in [-0.39, 0.29) is 12.1 Å². The molecule has 0 atom stereocenters. The molecule has 4 heteroatoms. The zero-order valence-corrected chi connectivity index (χ0v) is 25.7. The maximum Gasteiger partial charge on any atom is 0.302 e. The number of hydrogen-bond acceptors (Lipinski definition) is 4. The number of carbonyl (C=O) groups excluding carboxylic acids is 1. The van der Waals surface area contributed by atoms with Crippen LogP contribution in [0.1, 0.15) is 61.9 Å². The van der Waals surface area contributed by atoms with Crippen LogP contribution in [0.5, 0.6) is 11.5 Å². The molecule has 4 nitrogen and oxygen atoms in total. The van der Waals surface area contributed by atoms with E-state index in [2.05, 4.69) is 85.2 Å². The van der Waals surface area contributed by atoms with Gasteiger partial charge < -0.3 is 14.2 Å². The second-order valence-corrected chi connectivity index (χ2v) is 10.9. The maximum atomic E-state index is 10.9. The minimum absolute atomic E-state index is 0.148. The molecule has 0 aliphatic heterocycles. The van der Waals surface area contributed by atoms with Crippen LogP contribution < -0.4 is 9.47 Å². The van der Waals surface area contributed by atoms with Crippen molar-refractivity contribution in [2.24, 2.45) is 0 Å². The third kappa shape index (κ3) is 8.21. The summed E-state index contributed by atoms with van der Waals surface area (Å²) < 4.78 is 16.6. The fraction of sp³-hybridized carbons (Fsp3) is 0.225. The van der Waals surface area contributed by atoms with Crippen molar-refractivity contribution in [3.05, 3.63) is 119 Å². The standard InChI is InChI=1S/C40H36O4/c1-5-33-23-30(7-8-31-11-16-38-27-40(44-28(2)3)20-18-36(38)24-31)9-13-34(33)14-10-32-12-15-37-26-39(19-17-35(37)25-32)43-22-6-21-42-29(4)41/h9,11-13,15-20,23-28H,5-6,21-22H2,1-4H3. The summed E-state index contributed by atoms with van der Waals surface area (Å²) in [7, 11) is 0. The largest absolute Gasteiger partial charge is 0.493 e. The van der Waals surface area contributed by atoms with Crippen molar-refractivity contribution in [1.29, 1.82) is 0 Å². The highest BCUT2D eigenvalue weighted by Gasteiger charge is 2.03. The molecule has 0 saturated heterocycles. The number of hydrogen-bond donors (Lipinski definition) is 0. The second-order valence-electron chi connectivity index (χ2n) is 10.9. The Balaban J connectivity index is 1.26. The smallest absolute Gasteiger partial charge is 0.302 e. The summed E-state index contributed by atoms with van der Waals surface area (Å²) in [6, 6.07) is 30.9. The van der Waals surface area contributed by atoms with E-state index in [1.165, 1.54) is 12.5 Å². The molecule has 5 rings (SSSR count). The van der Waals surface area contributed by atoms with Gasteiger partial charge in [-0.25, -0.2) is 0 Å². The lowest BCUT2D eigenvalue weighted by molar-refractivity contribution is -0.141. The lowest BCUT2D eigenvalue weighted by Crippen LogP contribution is -2.05. The fourth-order valence-electron chi connectivity index (χ4n) is 4.87. The average molecular weight is 581 g/mol. The topological polar surface area (TPSA) is 44.8 Å². The van der Waals surface area contributed by atoms with Crippen molar-refractivity contribution in [1.82, 2.24) is 0 Å².